The van der Waals surface area contributed by atoms with Gasteiger partial charge in [0.15, 0.2) is 0 Å². The van der Waals surface area contributed by atoms with Gasteiger partial charge in [-0.25, -0.2) is 0 Å². The van der Waals surface area contributed by atoms with Crippen molar-refractivity contribution in [1.82, 2.24) is 0 Å². The van der Waals surface area contributed by atoms with Crippen LogP contribution in [-0.2, 0) is 6.18 Å². The third-order valence-electron chi connectivity index (χ3n) is 1.96. The van der Waals surface area contributed by atoms with Crippen LogP contribution in [0.15, 0.2) is 18.2 Å². The van der Waals surface area contributed by atoms with Crippen molar-refractivity contribution in [2.45, 2.75) is 12.6 Å². The predicted octanol–water partition coefficient (Wildman–Crippen LogP) is 1.72. The minimum absolute atomic E-state index is 0.0982. The molecule has 1 aromatic rings. The van der Waals surface area contributed by atoms with Crippen molar-refractivity contribution < 1.29 is 18.3 Å². The van der Waals surface area contributed by atoms with Gasteiger partial charge < -0.3 is 10.5 Å². The average molecular weight is 244 g/mol. The van der Waals surface area contributed by atoms with Crippen molar-refractivity contribution in [3.63, 3.8) is 0 Å². The molecule has 0 radical (unpaired) electrons. The van der Waals surface area contributed by atoms with E-state index in [2.05, 4.69) is 17.3 Å². The number of halogens is 3. The smallest absolute Gasteiger partial charge is 0.395 e. The first-order chi connectivity index (χ1) is 7.99. The monoisotopic (exact) mass is 244 g/mol. The molecule has 92 valence electrons. The summed E-state index contributed by atoms with van der Waals surface area (Å²) in [5, 5.41) is 8.53. The third-order valence-corrected chi connectivity index (χ3v) is 1.96. The first-order valence-corrected chi connectivity index (χ1v) is 4.76. The first-order valence-electron chi connectivity index (χ1n) is 4.76. The largest absolute Gasteiger partial charge is 0.416 e. The van der Waals surface area contributed by atoms with Crippen LogP contribution in [0.4, 0.5) is 18.9 Å². The number of alkyl halides is 3. The summed E-state index contributed by atoms with van der Waals surface area (Å²) < 4.78 is 37.2. The summed E-state index contributed by atoms with van der Waals surface area (Å²) in [4.78, 5) is 0. The minimum atomic E-state index is -4.41. The molecular weight excluding hydrogens is 233 g/mol. The van der Waals surface area contributed by atoms with E-state index in [-0.39, 0.29) is 18.7 Å². The van der Waals surface area contributed by atoms with Crippen LogP contribution < -0.4 is 11.3 Å². The average Bonchev–Trinajstić information content (AvgIpc) is 2.28. The van der Waals surface area contributed by atoms with Crippen LogP contribution in [0.25, 0.3) is 0 Å². The Morgan fingerprint density at radius 2 is 2.06 bits per heavy atom. The van der Waals surface area contributed by atoms with Gasteiger partial charge >= 0.3 is 6.18 Å². The van der Waals surface area contributed by atoms with Gasteiger partial charge in [0.1, 0.15) is 0 Å². The molecule has 0 saturated heterocycles. The molecule has 0 fully saturated rings. The van der Waals surface area contributed by atoms with Crippen molar-refractivity contribution in [2.24, 2.45) is 5.84 Å². The highest BCUT2D eigenvalue weighted by molar-refractivity contribution is 5.60. The van der Waals surface area contributed by atoms with Crippen molar-refractivity contribution >= 4 is 5.69 Å². The maximum absolute atomic E-state index is 12.4. The van der Waals surface area contributed by atoms with Gasteiger partial charge in [0.25, 0.3) is 0 Å². The second kappa shape index (κ2) is 5.57. The highest BCUT2D eigenvalue weighted by Crippen LogP contribution is 2.31. The number of nitrogen functional groups attached to an aromatic ring is 1. The number of nitrogens with one attached hydrogen (secondary N) is 1. The van der Waals surface area contributed by atoms with Crippen LogP contribution >= 0.6 is 0 Å². The highest BCUT2D eigenvalue weighted by Gasteiger charge is 2.30. The van der Waals surface area contributed by atoms with Crippen molar-refractivity contribution in [2.75, 3.05) is 12.0 Å². The maximum Gasteiger partial charge on any atom is 0.416 e. The molecule has 0 atom stereocenters. The Labute approximate surface area is 96.4 Å². The number of rotatable bonds is 2. The van der Waals surface area contributed by atoms with Gasteiger partial charge in [-0.1, -0.05) is 11.8 Å². The SMILES string of the molecule is NNc1cc(C(F)(F)F)ccc1C#CCCO. The Morgan fingerprint density at radius 1 is 1.35 bits per heavy atom. The molecule has 17 heavy (non-hydrogen) atoms. The van der Waals surface area contributed by atoms with Crippen LogP contribution in [0, 0.1) is 11.8 Å². The summed E-state index contributed by atoms with van der Waals surface area (Å²) in [6, 6.07) is 3.06. The lowest BCUT2D eigenvalue weighted by Gasteiger charge is -2.10. The van der Waals surface area contributed by atoms with Gasteiger partial charge in [0.05, 0.1) is 17.9 Å². The zero-order chi connectivity index (χ0) is 12.9. The molecule has 1 rings (SSSR count). The second-order valence-corrected chi connectivity index (χ2v) is 3.18. The molecule has 0 bridgehead atoms. The van der Waals surface area contributed by atoms with Crippen LogP contribution in [-0.4, -0.2) is 11.7 Å². The Morgan fingerprint density at radius 3 is 2.59 bits per heavy atom. The Kier molecular flexibility index (Phi) is 4.37. The quantitative estimate of drug-likeness (QED) is 0.422. The number of benzene rings is 1. The normalized spacial score (nSPS) is 10.6. The number of aliphatic hydroxyl groups excluding tert-OH is 1. The summed E-state index contributed by atoms with van der Waals surface area (Å²) in [6.07, 6.45) is -4.16. The first kappa shape index (κ1) is 13.4. The van der Waals surface area contributed by atoms with Crippen molar-refractivity contribution in [1.29, 1.82) is 0 Å². The number of aliphatic hydroxyl groups is 1. The van der Waals surface area contributed by atoms with Gasteiger partial charge in [-0.2, -0.15) is 13.2 Å². The second-order valence-electron chi connectivity index (χ2n) is 3.18. The molecule has 1 aromatic carbocycles. The number of hydrogen-bond acceptors (Lipinski definition) is 3. The predicted molar refractivity (Wildman–Crippen MR) is 57.8 cm³/mol. The van der Waals surface area contributed by atoms with Crippen LogP contribution in [0.5, 0.6) is 0 Å². The van der Waals surface area contributed by atoms with E-state index in [4.69, 9.17) is 10.9 Å². The van der Waals surface area contributed by atoms with E-state index in [9.17, 15) is 13.2 Å². The van der Waals surface area contributed by atoms with E-state index in [1.807, 2.05) is 0 Å². The molecule has 3 nitrogen and oxygen atoms in total. The minimum Gasteiger partial charge on any atom is -0.395 e. The third kappa shape index (κ3) is 3.66. The van der Waals surface area contributed by atoms with Crippen molar-refractivity contribution in [3.8, 4) is 11.8 Å². The zero-order valence-corrected chi connectivity index (χ0v) is 8.80. The Balaban J connectivity index is 3.07. The van der Waals surface area contributed by atoms with Crippen LogP contribution in [0.3, 0.4) is 0 Å². The molecule has 0 unspecified atom stereocenters. The van der Waals surface area contributed by atoms with Gasteiger partial charge in [-0.3, -0.25) is 5.84 Å². The highest BCUT2D eigenvalue weighted by atomic mass is 19.4. The lowest BCUT2D eigenvalue weighted by Crippen LogP contribution is -2.11. The molecule has 0 amide bonds. The van der Waals surface area contributed by atoms with Crippen LogP contribution in [0.2, 0.25) is 0 Å². The fourth-order valence-corrected chi connectivity index (χ4v) is 1.16. The summed E-state index contributed by atoms with van der Waals surface area (Å²) in [6.45, 7) is -0.0982. The maximum atomic E-state index is 12.4. The molecule has 0 heterocycles. The fourth-order valence-electron chi connectivity index (χ4n) is 1.16. The molecule has 0 aromatic heterocycles. The molecule has 6 heteroatoms. The summed E-state index contributed by atoms with van der Waals surface area (Å²) >= 11 is 0. The van der Waals surface area contributed by atoms with E-state index >= 15 is 0 Å². The molecule has 4 N–H and O–H groups in total. The van der Waals surface area contributed by atoms with E-state index in [0.717, 1.165) is 12.1 Å². The standard InChI is InChI=1S/C11H11F3N2O/c12-11(13,14)9-5-4-8(3-1-2-6-17)10(7-9)16-15/h4-5,7,16-17H,2,6,15H2. The molecule has 0 aliphatic heterocycles. The number of hydrazine groups is 1. The molecular formula is C11H11F3N2O. The lowest BCUT2D eigenvalue weighted by atomic mass is 10.1. The van der Waals surface area contributed by atoms with Crippen LogP contribution in [0.1, 0.15) is 17.5 Å². The number of nitrogens with two attached hydrogens (primary N) is 1. The number of hydrogen-bond donors (Lipinski definition) is 3. The van der Waals surface area contributed by atoms with Gasteiger partial charge in [-0.15, -0.1) is 0 Å². The Bertz CT molecular complexity index is 446. The van der Waals surface area contributed by atoms with Gasteiger partial charge in [-0.05, 0) is 18.2 Å². The summed E-state index contributed by atoms with van der Waals surface area (Å²) in [7, 11) is 0. The fraction of sp³-hybridized carbons (Fsp3) is 0.273. The summed E-state index contributed by atoms with van der Waals surface area (Å²) in [5.41, 5.74) is 1.83. The number of anilines is 1. The van der Waals surface area contributed by atoms with E-state index in [0.29, 0.717) is 5.56 Å². The van der Waals surface area contributed by atoms with E-state index in [1.54, 1.807) is 0 Å². The van der Waals surface area contributed by atoms with E-state index < -0.39 is 11.7 Å². The van der Waals surface area contributed by atoms with Gasteiger partial charge in [0.2, 0.25) is 0 Å². The Hall–Kier alpha value is -1.71. The molecule has 0 saturated carbocycles. The molecule has 0 aliphatic rings. The molecule has 0 aliphatic carbocycles. The van der Waals surface area contributed by atoms with Crippen molar-refractivity contribution in [3.05, 3.63) is 29.3 Å². The zero-order valence-electron chi connectivity index (χ0n) is 8.80. The lowest BCUT2D eigenvalue weighted by molar-refractivity contribution is -0.137. The topological polar surface area (TPSA) is 58.3 Å². The van der Waals surface area contributed by atoms with E-state index in [1.165, 1.54) is 6.07 Å². The van der Waals surface area contributed by atoms with Gasteiger partial charge in [0, 0.05) is 12.0 Å². The molecule has 0 spiro atoms. The summed E-state index contributed by atoms with van der Waals surface area (Å²) in [5.74, 6) is 10.4.